The van der Waals surface area contributed by atoms with Gasteiger partial charge in [-0.15, -0.1) is 0 Å². The predicted molar refractivity (Wildman–Crippen MR) is 125 cm³/mol. The molecule has 0 atom stereocenters. The van der Waals surface area contributed by atoms with E-state index >= 15 is 0 Å². The molecule has 0 radical (unpaired) electrons. The van der Waals surface area contributed by atoms with E-state index in [0.29, 0.717) is 35.9 Å². The smallest absolute Gasteiger partial charge is 0.250 e. The van der Waals surface area contributed by atoms with Crippen molar-refractivity contribution in [1.29, 1.82) is 0 Å². The summed E-state index contributed by atoms with van der Waals surface area (Å²) >= 11 is 35.9. The van der Waals surface area contributed by atoms with Gasteiger partial charge in [-0.2, -0.15) is 9.97 Å². The standard InChI is InChI=1S/C19H15Cl6N5/c1-30(11-9-14-4-2-3-10-26-14)17-28-15(27-16(29-17)19(23,24)25)12-5-7-13(8-6-12)18(20,21)22/h2-8,10H,9,11H2,1H3. The Labute approximate surface area is 204 Å². The number of hydrogen-bond donors (Lipinski definition) is 0. The van der Waals surface area contributed by atoms with Gasteiger partial charge in [0.15, 0.2) is 11.6 Å². The number of hydrogen-bond acceptors (Lipinski definition) is 5. The molecule has 0 aliphatic heterocycles. The third kappa shape index (κ3) is 6.22. The number of benzene rings is 1. The average molecular weight is 526 g/mol. The molecule has 0 aliphatic rings. The molecule has 0 aliphatic carbocycles. The van der Waals surface area contributed by atoms with Gasteiger partial charge in [0.1, 0.15) is 0 Å². The molecule has 1 aromatic carbocycles. The van der Waals surface area contributed by atoms with Crippen LogP contribution < -0.4 is 4.90 Å². The van der Waals surface area contributed by atoms with E-state index in [1.165, 1.54) is 0 Å². The summed E-state index contributed by atoms with van der Waals surface area (Å²) in [6.45, 7) is 0.603. The lowest BCUT2D eigenvalue weighted by atomic mass is 10.1. The molecule has 3 rings (SSSR count). The molecule has 0 spiro atoms. The second-order valence-corrected chi connectivity index (χ2v) is 10.9. The quantitative estimate of drug-likeness (QED) is 0.368. The van der Waals surface area contributed by atoms with Crippen molar-refractivity contribution >= 4 is 75.6 Å². The summed E-state index contributed by atoms with van der Waals surface area (Å²) in [7, 11) is 1.84. The Kier molecular flexibility index (Phi) is 7.54. The fraction of sp³-hybridized carbons (Fsp3) is 0.263. The summed E-state index contributed by atoms with van der Waals surface area (Å²) in [5.41, 5.74) is 2.12. The van der Waals surface area contributed by atoms with E-state index in [-0.39, 0.29) is 5.82 Å². The number of alkyl halides is 6. The van der Waals surface area contributed by atoms with Crippen molar-refractivity contribution in [3.8, 4) is 11.4 Å². The molecule has 0 amide bonds. The molecular formula is C19H15Cl6N5. The fourth-order valence-electron chi connectivity index (χ4n) is 2.53. The molecule has 158 valence electrons. The van der Waals surface area contributed by atoms with Crippen molar-refractivity contribution in [3.63, 3.8) is 0 Å². The maximum Gasteiger partial charge on any atom is 0.250 e. The van der Waals surface area contributed by atoms with Gasteiger partial charge in [-0.3, -0.25) is 4.98 Å². The van der Waals surface area contributed by atoms with Crippen LogP contribution in [-0.4, -0.2) is 33.5 Å². The Morgan fingerprint density at radius 3 is 2.10 bits per heavy atom. The van der Waals surface area contributed by atoms with Crippen LogP contribution in [0.4, 0.5) is 5.95 Å². The summed E-state index contributed by atoms with van der Waals surface area (Å²) in [5.74, 6) is 0.715. The Morgan fingerprint density at radius 2 is 1.53 bits per heavy atom. The van der Waals surface area contributed by atoms with Crippen LogP contribution in [0.15, 0.2) is 48.7 Å². The van der Waals surface area contributed by atoms with Crippen molar-refractivity contribution in [2.45, 2.75) is 14.0 Å². The minimum Gasteiger partial charge on any atom is -0.343 e. The molecule has 2 aromatic heterocycles. The van der Waals surface area contributed by atoms with E-state index in [2.05, 4.69) is 19.9 Å². The summed E-state index contributed by atoms with van der Waals surface area (Å²) in [6.07, 6.45) is 2.44. The molecule has 0 saturated carbocycles. The molecule has 0 fully saturated rings. The van der Waals surface area contributed by atoms with Gasteiger partial charge in [0.05, 0.1) is 0 Å². The molecule has 5 nitrogen and oxygen atoms in total. The first kappa shape index (κ1) is 23.6. The Balaban J connectivity index is 1.92. The second kappa shape index (κ2) is 9.60. The zero-order chi connectivity index (χ0) is 21.9. The first-order valence-corrected chi connectivity index (χ1v) is 10.9. The third-order valence-corrected chi connectivity index (χ3v) is 5.28. The maximum atomic E-state index is 6.05. The summed E-state index contributed by atoms with van der Waals surface area (Å²) < 4.78 is -3.34. The van der Waals surface area contributed by atoms with Crippen LogP contribution in [-0.2, 0) is 14.0 Å². The second-order valence-electron chi connectivity index (χ2n) is 6.35. The SMILES string of the molecule is CN(CCc1ccccn1)c1nc(-c2ccc(C(Cl)(Cl)Cl)cc2)nc(C(Cl)(Cl)Cl)n1. The highest BCUT2D eigenvalue weighted by Gasteiger charge is 2.29. The number of likely N-dealkylation sites (N-methyl/N-ethyl adjacent to an activating group) is 1. The number of rotatable bonds is 5. The molecule has 2 heterocycles. The molecule has 0 bridgehead atoms. The van der Waals surface area contributed by atoms with Crippen molar-refractivity contribution in [1.82, 2.24) is 19.9 Å². The van der Waals surface area contributed by atoms with E-state index in [0.717, 1.165) is 5.69 Å². The highest BCUT2D eigenvalue weighted by molar-refractivity contribution is 6.67. The highest BCUT2D eigenvalue weighted by Crippen LogP contribution is 2.39. The monoisotopic (exact) mass is 523 g/mol. The Bertz CT molecular complexity index is 987. The lowest BCUT2D eigenvalue weighted by Gasteiger charge is -2.20. The van der Waals surface area contributed by atoms with E-state index in [1.54, 1.807) is 30.5 Å². The van der Waals surface area contributed by atoms with Gasteiger partial charge in [-0.1, -0.05) is 99.9 Å². The van der Waals surface area contributed by atoms with Crippen molar-refractivity contribution in [2.24, 2.45) is 0 Å². The number of pyridine rings is 1. The fourth-order valence-corrected chi connectivity index (χ4v) is 3.16. The average Bonchev–Trinajstić information content (AvgIpc) is 2.71. The van der Waals surface area contributed by atoms with Gasteiger partial charge >= 0.3 is 0 Å². The number of halogens is 6. The van der Waals surface area contributed by atoms with Crippen LogP contribution in [0, 0.1) is 0 Å². The molecule has 0 N–H and O–H groups in total. The van der Waals surface area contributed by atoms with Crippen molar-refractivity contribution < 1.29 is 0 Å². The van der Waals surface area contributed by atoms with Gasteiger partial charge < -0.3 is 4.90 Å². The topological polar surface area (TPSA) is 54.8 Å². The van der Waals surface area contributed by atoms with Gasteiger partial charge in [-0.05, 0) is 12.1 Å². The zero-order valence-corrected chi connectivity index (χ0v) is 20.1. The predicted octanol–water partition coefficient (Wildman–Crippen LogP) is 6.27. The Morgan fingerprint density at radius 1 is 0.833 bits per heavy atom. The number of aromatic nitrogens is 4. The lowest BCUT2D eigenvalue weighted by Crippen LogP contribution is -2.25. The largest absolute Gasteiger partial charge is 0.343 e. The molecule has 30 heavy (non-hydrogen) atoms. The van der Waals surface area contributed by atoms with Gasteiger partial charge in [0.2, 0.25) is 13.5 Å². The first-order valence-electron chi connectivity index (χ1n) is 8.66. The molecule has 11 heteroatoms. The van der Waals surface area contributed by atoms with Gasteiger partial charge in [0.25, 0.3) is 0 Å². The van der Waals surface area contributed by atoms with Crippen LogP contribution in [0.1, 0.15) is 17.1 Å². The van der Waals surface area contributed by atoms with Crippen LogP contribution in [0.25, 0.3) is 11.4 Å². The third-order valence-electron chi connectivity index (χ3n) is 4.12. The van der Waals surface area contributed by atoms with Gasteiger partial charge in [0, 0.05) is 43.0 Å². The highest BCUT2D eigenvalue weighted by atomic mass is 35.6. The van der Waals surface area contributed by atoms with Crippen LogP contribution in [0.2, 0.25) is 0 Å². The molecule has 0 saturated heterocycles. The lowest BCUT2D eigenvalue weighted by molar-refractivity contribution is 0.799. The number of anilines is 1. The summed E-state index contributed by atoms with van der Waals surface area (Å²) in [5, 5.41) is 0. The van der Waals surface area contributed by atoms with Crippen LogP contribution in [0.3, 0.4) is 0 Å². The Hall–Kier alpha value is -1.08. The number of nitrogens with zero attached hydrogens (tertiary/aromatic N) is 5. The normalized spacial score (nSPS) is 12.1. The van der Waals surface area contributed by atoms with E-state index in [4.69, 9.17) is 69.6 Å². The van der Waals surface area contributed by atoms with E-state index in [9.17, 15) is 0 Å². The first-order chi connectivity index (χ1) is 14.0. The molecular weight excluding hydrogens is 511 g/mol. The summed E-state index contributed by atoms with van der Waals surface area (Å²) in [6, 6.07) is 12.6. The minimum atomic E-state index is -1.81. The van der Waals surface area contributed by atoms with E-state index < -0.39 is 7.59 Å². The minimum absolute atomic E-state index is 0.0163. The molecule has 3 aromatic rings. The van der Waals surface area contributed by atoms with Crippen LogP contribution in [0.5, 0.6) is 0 Å². The van der Waals surface area contributed by atoms with Crippen molar-refractivity contribution in [2.75, 3.05) is 18.5 Å². The summed E-state index contributed by atoms with van der Waals surface area (Å²) in [4.78, 5) is 19.3. The van der Waals surface area contributed by atoms with Crippen molar-refractivity contribution in [3.05, 3.63) is 65.7 Å². The van der Waals surface area contributed by atoms with E-state index in [1.807, 2.05) is 30.1 Å². The van der Waals surface area contributed by atoms with Crippen LogP contribution >= 0.6 is 69.6 Å². The zero-order valence-electron chi connectivity index (χ0n) is 15.5. The molecule has 0 unspecified atom stereocenters. The van der Waals surface area contributed by atoms with Gasteiger partial charge in [-0.25, -0.2) is 4.98 Å². The maximum absolute atomic E-state index is 6.05.